The lowest BCUT2D eigenvalue weighted by molar-refractivity contribution is 0.0895. The van der Waals surface area contributed by atoms with Crippen LogP contribution in [-0.2, 0) is 6.54 Å². The third-order valence-electron chi connectivity index (χ3n) is 3.50. The van der Waals surface area contributed by atoms with Crippen LogP contribution in [0.5, 0.6) is 5.75 Å². The Hall–Kier alpha value is -3.09. The van der Waals surface area contributed by atoms with Gasteiger partial charge in [0.15, 0.2) is 5.76 Å². The summed E-state index contributed by atoms with van der Waals surface area (Å²) < 4.78 is 11.7. The Morgan fingerprint density at radius 2 is 2.08 bits per heavy atom. The summed E-state index contributed by atoms with van der Waals surface area (Å²) in [7, 11) is 1.63. The van der Waals surface area contributed by atoms with E-state index in [1.807, 2.05) is 24.3 Å². The van der Waals surface area contributed by atoms with Crippen molar-refractivity contribution in [3.05, 3.63) is 48.2 Å². The predicted molar refractivity (Wildman–Crippen MR) is 89.0 cm³/mol. The second-order valence-corrected chi connectivity index (χ2v) is 5.10. The molecule has 124 valence electrons. The molecule has 1 N–H and O–H groups in total. The molecule has 0 fully saturated rings. The van der Waals surface area contributed by atoms with E-state index in [4.69, 9.17) is 9.15 Å². The van der Waals surface area contributed by atoms with E-state index in [1.54, 1.807) is 32.4 Å². The molecule has 0 aliphatic heterocycles. The van der Waals surface area contributed by atoms with E-state index in [9.17, 15) is 4.79 Å². The van der Waals surface area contributed by atoms with E-state index < -0.39 is 0 Å². The lowest BCUT2D eigenvalue weighted by Gasteiger charge is -2.07. The molecule has 0 radical (unpaired) electrons. The van der Waals surface area contributed by atoms with Crippen LogP contribution in [0.25, 0.3) is 11.6 Å². The van der Waals surface area contributed by atoms with Gasteiger partial charge in [0.1, 0.15) is 5.75 Å². The second-order valence-electron chi connectivity index (χ2n) is 5.10. The van der Waals surface area contributed by atoms with Crippen LogP contribution in [0.15, 0.2) is 47.1 Å². The lowest BCUT2D eigenvalue weighted by atomic mass is 10.2. The molecule has 0 atom stereocenters. The van der Waals surface area contributed by atoms with Crippen molar-refractivity contribution in [2.45, 2.75) is 19.9 Å². The number of carbonyl (C=O) groups excluding carboxylic acids is 1. The van der Waals surface area contributed by atoms with Crippen LogP contribution in [0, 0.1) is 0 Å². The van der Waals surface area contributed by atoms with Gasteiger partial charge in [0, 0.05) is 13.0 Å². The highest BCUT2D eigenvalue weighted by Gasteiger charge is 2.17. The zero-order valence-corrected chi connectivity index (χ0v) is 13.5. The molecule has 1 aromatic carbocycles. The fourth-order valence-corrected chi connectivity index (χ4v) is 2.18. The summed E-state index contributed by atoms with van der Waals surface area (Å²) in [6.45, 7) is 2.29. The van der Waals surface area contributed by atoms with Gasteiger partial charge in [-0.15, -0.1) is 5.10 Å². The summed E-state index contributed by atoms with van der Waals surface area (Å²) >= 11 is 0. The number of carbonyl (C=O) groups is 1. The summed E-state index contributed by atoms with van der Waals surface area (Å²) in [5, 5.41) is 7.39. The number of anilines is 1. The van der Waals surface area contributed by atoms with Crippen molar-refractivity contribution in [2.75, 3.05) is 12.4 Å². The first-order valence-electron chi connectivity index (χ1n) is 7.62. The van der Waals surface area contributed by atoms with E-state index in [1.165, 1.54) is 4.68 Å². The van der Waals surface area contributed by atoms with Gasteiger partial charge in [-0.2, -0.15) is 9.67 Å². The number of nitrogens with zero attached hydrogens (tertiary/aromatic N) is 3. The van der Waals surface area contributed by atoms with Gasteiger partial charge < -0.3 is 14.5 Å². The summed E-state index contributed by atoms with van der Waals surface area (Å²) in [5.74, 6) is 1.94. The monoisotopic (exact) mass is 326 g/mol. The minimum atomic E-state index is -0.141. The number of ether oxygens (including phenoxy) is 1. The Bertz CT molecular complexity index is 807. The number of hydrogen-bond donors (Lipinski definition) is 1. The van der Waals surface area contributed by atoms with Gasteiger partial charge in [-0.1, -0.05) is 19.1 Å². The first-order chi connectivity index (χ1) is 11.7. The SMILES string of the molecule is CCC(=O)n1nc(-c2ccco2)nc1NCc1ccc(OC)cc1. The zero-order valence-electron chi connectivity index (χ0n) is 13.5. The number of furan rings is 1. The van der Waals surface area contributed by atoms with Crippen LogP contribution in [-0.4, -0.2) is 27.8 Å². The minimum Gasteiger partial charge on any atom is -0.497 e. The molecule has 0 spiro atoms. The first-order valence-corrected chi connectivity index (χ1v) is 7.62. The fraction of sp³-hybridized carbons (Fsp3) is 0.235. The number of nitrogens with one attached hydrogen (secondary N) is 1. The minimum absolute atomic E-state index is 0.141. The largest absolute Gasteiger partial charge is 0.497 e. The number of benzene rings is 1. The van der Waals surface area contributed by atoms with E-state index >= 15 is 0 Å². The van der Waals surface area contributed by atoms with E-state index in [0.717, 1.165) is 11.3 Å². The molecule has 0 saturated carbocycles. The molecule has 3 rings (SSSR count). The summed E-state index contributed by atoms with van der Waals surface area (Å²) in [6, 6.07) is 11.2. The topological polar surface area (TPSA) is 82.2 Å². The predicted octanol–water partition coefficient (Wildman–Crippen LogP) is 3.21. The van der Waals surface area contributed by atoms with Gasteiger partial charge in [-0.3, -0.25) is 4.79 Å². The fourth-order valence-electron chi connectivity index (χ4n) is 2.18. The number of methoxy groups -OCH3 is 1. The molecule has 0 amide bonds. The van der Waals surface area contributed by atoms with Crippen LogP contribution in [0.2, 0.25) is 0 Å². The van der Waals surface area contributed by atoms with Gasteiger partial charge in [-0.05, 0) is 29.8 Å². The Morgan fingerprint density at radius 1 is 1.29 bits per heavy atom. The van der Waals surface area contributed by atoms with Crippen molar-refractivity contribution in [3.8, 4) is 17.3 Å². The second kappa shape index (κ2) is 6.99. The maximum absolute atomic E-state index is 12.1. The maximum atomic E-state index is 12.1. The lowest BCUT2D eigenvalue weighted by Crippen LogP contribution is -2.15. The molecule has 0 aliphatic rings. The maximum Gasteiger partial charge on any atom is 0.249 e. The van der Waals surface area contributed by atoms with Crippen LogP contribution in [0.3, 0.4) is 0 Å². The van der Waals surface area contributed by atoms with Crippen LogP contribution < -0.4 is 10.1 Å². The Balaban J connectivity index is 1.81. The average molecular weight is 326 g/mol. The summed E-state index contributed by atoms with van der Waals surface area (Å²) in [4.78, 5) is 16.5. The smallest absolute Gasteiger partial charge is 0.249 e. The van der Waals surface area contributed by atoms with Crippen LogP contribution >= 0.6 is 0 Å². The molecule has 0 saturated heterocycles. The molecule has 0 bridgehead atoms. The van der Waals surface area contributed by atoms with Gasteiger partial charge in [-0.25, -0.2) is 0 Å². The molecule has 0 unspecified atom stereocenters. The number of aromatic nitrogens is 3. The zero-order chi connectivity index (χ0) is 16.9. The van der Waals surface area contributed by atoms with Crippen molar-refractivity contribution in [1.29, 1.82) is 0 Å². The highest BCUT2D eigenvalue weighted by molar-refractivity contribution is 5.80. The third kappa shape index (κ3) is 3.29. The van der Waals surface area contributed by atoms with Crippen molar-refractivity contribution in [3.63, 3.8) is 0 Å². The first kappa shape index (κ1) is 15.8. The van der Waals surface area contributed by atoms with Gasteiger partial charge in [0.2, 0.25) is 17.7 Å². The molecule has 3 aromatic rings. The quantitative estimate of drug-likeness (QED) is 0.749. The Labute approximate surface area is 139 Å². The van der Waals surface area contributed by atoms with Crippen LogP contribution in [0.1, 0.15) is 23.7 Å². The third-order valence-corrected chi connectivity index (χ3v) is 3.50. The number of rotatable bonds is 6. The highest BCUT2D eigenvalue weighted by Crippen LogP contribution is 2.19. The Morgan fingerprint density at radius 3 is 2.71 bits per heavy atom. The van der Waals surface area contributed by atoms with Crippen molar-refractivity contribution >= 4 is 11.9 Å². The molecular weight excluding hydrogens is 308 g/mol. The molecule has 0 aliphatic carbocycles. The summed E-state index contributed by atoms with van der Waals surface area (Å²) in [6.07, 6.45) is 1.88. The molecular formula is C17H18N4O3. The molecule has 2 heterocycles. The molecule has 7 heteroatoms. The van der Waals surface area contributed by atoms with Gasteiger partial charge >= 0.3 is 0 Å². The van der Waals surface area contributed by atoms with E-state index in [0.29, 0.717) is 30.5 Å². The normalized spacial score (nSPS) is 10.6. The standard InChI is InChI=1S/C17H18N4O3/c1-3-15(22)21-17(19-16(20-21)14-5-4-10-24-14)18-11-12-6-8-13(23-2)9-7-12/h4-10H,3,11H2,1-2H3,(H,18,19,20). The Kier molecular flexibility index (Phi) is 4.60. The van der Waals surface area contributed by atoms with Crippen molar-refractivity contribution < 1.29 is 13.9 Å². The molecule has 2 aromatic heterocycles. The van der Waals surface area contributed by atoms with Crippen LogP contribution in [0.4, 0.5) is 5.95 Å². The van der Waals surface area contributed by atoms with Gasteiger partial charge in [0.25, 0.3) is 0 Å². The van der Waals surface area contributed by atoms with E-state index in [2.05, 4.69) is 15.4 Å². The molecule has 7 nitrogen and oxygen atoms in total. The van der Waals surface area contributed by atoms with Crippen molar-refractivity contribution in [2.24, 2.45) is 0 Å². The van der Waals surface area contributed by atoms with Gasteiger partial charge in [0.05, 0.1) is 13.4 Å². The summed E-state index contributed by atoms with van der Waals surface area (Å²) in [5.41, 5.74) is 1.04. The number of hydrogen-bond acceptors (Lipinski definition) is 6. The molecule has 24 heavy (non-hydrogen) atoms. The van der Waals surface area contributed by atoms with E-state index in [-0.39, 0.29) is 5.91 Å². The average Bonchev–Trinajstić information content (AvgIpc) is 3.29. The highest BCUT2D eigenvalue weighted by atomic mass is 16.5. The van der Waals surface area contributed by atoms with Crippen molar-refractivity contribution in [1.82, 2.24) is 14.8 Å².